The summed E-state index contributed by atoms with van der Waals surface area (Å²) < 4.78 is 0. The Morgan fingerprint density at radius 1 is 1.08 bits per heavy atom. The number of benzene rings is 1. The van der Waals surface area contributed by atoms with E-state index in [-0.39, 0.29) is 22.9 Å². The third kappa shape index (κ3) is 2.25. The molecule has 6 heteroatoms. The van der Waals surface area contributed by atoms with Gasteiger partial charge in [-0.25, -0.2) is 0 Å². The molecule has 2 heterocycles. The monoisotopic (exact) mass is 322 g/mol. The van der Waals surface area contributed by atoms with Crippen LogP contribution in [0.2, 0.25) is 0 Å². The lowest BCUT2D eigenvalue weighted by molar-refractivity contribution is 0.405. The van der Waals surface area contributed by atoms with E-state index < -0.39 is 0 Å². The van der Waals surface area contributed by atoms with Gasteiger partial charge in [-0.2, -0.15) is 0 Å². The van der Waals surface area contributed by atoms with E-state index in [0.29, 0.717) is 22.4 Å². The first-order chi connectivity index (χ1) is 11.5. The first-order valence-electron chi connectivity index (χ1n) is 7.39. The molecule has 0 radical (unpaired) electrons. The molecule has 120 valence electrons. The SMILES string of the molecule is O=c1[nH]c(O)cc2c1=CCC(=Cc1c[nH]c3cc(O)c(O)cc13)C=2. The van der Waals surface area contributed by atoms with Crippen LogP contribution in [-0.2, 0) is 0 Å². The maximum Gasteiger partial charge on any atom is 0.258 e. The van der Waals surface area contributed by atoms with Crippen LogP contribution in [0.15, 0.2) is 34.8 Å². The van der Waals surface area contributed by atoms with Crippen LogP contribution < -0.4 is 16.0 Å². The lowest BCUT2D eigenvalue weighted by Gasteiger charge is -2.05. The second kappa shape index (κ2) is 5.06. The van der Waals surface area contributed by atoms with Crippen molar-refractivity contribution in [3.05, 3.63) is 56.3 Å². The Kier molecular flexibility index (Phi) is 2.99. The highest BCUT2D eigenvalue weighted by atomic mass is 16.3. The molecule has 0 saturated carbocycles. The summed E-state index contributed by atoms with van der Waals surface area (Å²) in [6.45, 7) is 0. The average Bonchev–Trinajstić information content (AvgIpc) is 2.89. The van der Waals surface area contributed by atoms with Gasteiger partial charge in [0.15, 0.2) is 17.4 Å². The largest absolute Gasteiger partial charge is 0.504 e. The Morgan fingerprint density at radius 2 is 1.88 bits per heavy atom. The molecule has 0 aliphatic heterocycles. The number of nitrogens with one attached hydrogen (secondary N) is 2. The van der Waals surface area contributed by atoms with Crippen molar-refractivity contribution in [1.29, 1.82) is 0 Å². The van der Waals surface area contributed by atoms with Crippen molar-refractivity contribution >= 4 is 29.1 Å². The zero-order valence-electron chi connectivity index (χ0n) is 12.5. The van der Waals surface area contributed by atoms with Crippen molar-refractivity contribution in [2.24, 2.45) is 0 Å². The van der Waals surface area contributed by atoms with Gasteiger partial charge in [-0.1, -0.05) is 12.2 Å². The fourth-order valence-electron chi connectivity index (χ4n) is 2.97. The van der Waals surface area contributed by atoms with E-state index in [4.69, 9.17) is 0 Å². The van der Waals surface area contributed by atoms with Crippen LogP contribution in [0.4, 0.5) is 0 Å². The highest BCUT2D eigenvalue weighted by Gasteiger charge is 2.09. The van der Waals surface area contributed by atoms with Crippen LogP contribution in [0.3, 0.4) is 0 Å². The second-order valence-corrected chi connectivity index (χ2v) is 5.76. The Hall–Kier alpha value is -3.41. The van der Waals surface area contributed by atoms with Crippen LogP contribution in [-0.4, -0.2) is 25.3 Å². The highest BCUT2D eigenvalue weighted by molar-refractivity contribution is 5.92. The number of hydrogen-bond donors (Lipinski definition) is 5. The fraction of sp³-hybridized carbons (Fsp3) is 0.0556. The van der Waals surface area contributed by atoms with Crippen molar-refractivity contribution in [2.45, 2.75) is 6.42 Å². The zero-order chi connectivity index (χ0) is 16.8. The summed E-state index contributed by atoms with van der Waals surface area (Å²) in [5.41, 5.74) is 2.22. The number of H-pyrrole nitrogens is 2. The molecule has 0 amide bonds. The van der Waals surface area contributed by atoms with Gasteiger partial charge in [0.1, 0.15) is 0 Å². The smallest absolute Gasteiger partial charge is 0.258 e. The topological polar surface area (TPSA) is 109 Å². The lowest BCUT2D eigenvalue weighted by Crippen LogP contribution is -2.41. The van der Waals surface area contributed by atoms with E-state index in [2.05, 4.69) is 9.97 Å². The summed E-state index contributed by atoms with van der Waals surface area (Å²) in [6.07, 6.45) is 7.97. The summed E-state index contributed by atoms with van der Waals surface area (Å²) in [6, 6.07) is 4.49. The molecule has 1 aromatic carbocycles. The van der Waals surface area contributed by atoms with E-state index in [1.165, 1.54) is 18.2 Å². The van der Waals surface area contributed by atoms with E-state index in [1.807, 2.05) is 18.2 Å². The predicted octanol–water partition coefficient (Wildman–Crippen LogP) is 1.02. The van der Waals surface area contributed by atoms with Crippen LogP contribution in [0, 0.1) is 0 Å². The van der Waals surface area contributed by atoms with Gasteiger partial charge in [0.25, 0.3) is 5.56 Å². The quantitative estimate of drug-likeness (QED) is 0.431. The molecule has 0 saturated heterocycles. The van der Waals surface area contributed by atoms with E-state index in [1.54, 1.807) is 6.20 Å². The molecule has 1 aliphatic rings. The zero-order valence-corrected chi connectivity index (χ0v) is 12.5. The van der Waals surface area contributed by atoms with Gasteiger partial charge in [0.05, 0.1) is 0 Å². The maximum absolute atomic E-state index is 11.8. The van der Waals surface area contributed by atoms with Gasteiger partial charge in [-0.3, -0.25) is 9.78 Å². The van der Waals surface area contributed by atoms with Gasteiger partial charge in [-0.15, -0.1) is 0 Å². The van der Waals surface area contributed by atoms with Crippen molar-refractivity contribution in [1.82, 2.24) is 9.97 Å². The number of aromatic nitrogens is 2. The first kappa shape index (κ1) is 14.2. The van der Waals surface area contributed by atoms with Crippen molar-refractivity contribution in [3.63, 3.8) is 0 Å². The third-order valence-corrected chi connectivity index (χ3v) is 4.12. The molecule has 0 bridgehead atoms. The molecule has 4 rings (SSSR count). The van der Waals surface area contributed by atoms with Crippen molar-refractivity contribution in [2.75, 3.05) is 0 Å². The molecule has 0 unspecified atom stereocenters. The minimum atomic E-state index is -0.312. The molecule has 0 fully saturated rings. The van der Waals surface area contributed by atoms with Gasteiger partial charge < -0.3 is 20.3 Å². The summed E-state index contributed by atoms with van der Waals surface area (Å²) in [7, 11) is 0. The number of phenols is 2. The number of fused-ring (bicyclic) bond motifs is 2. The Balaban J connectivity index is 1.87. The van der Waals surface area contributed by atoms with Crippen LogP contribution in [0.25, 0.3) is 29.1 Å². The standard InChI is InChI=1S/C18H14N2O4/c21-15-6-13-11(8-19-14(13)7-16(15)22)4-9-1-2-12-10(3-9)5-17(23)20-18(12)24/h2-8,19,21-23H,1H2,(H,20,24). The first-order valence-corrected chi connectivity index (χ1v) is 7.39. The molecule has 6 nitrogen and oxygen atoms in total. The number of aromatic hydroxyl groups is 3. The number of pyridine rings is 1. The number of phenolic OH excluding ortho intramolecular Hbond substituents is 2. The summed E-state index contributed by atoms with van der Waals surface area (Å²) in [5.74, 6) is -0.523. The molecular weight excluding hydrogens is 308 g/mol. The second-order valence-electron chi connectivity index (χ2n) is 5.76. The Labute approximate surface area is 135 Å². The molecular formula is C18H14N2O4. The van der Waals surface area contributed by atoms with Crippen LogP contribution >= 0.6 is 0 Å². The fourth-order valence-corrected chi connectivity index (χ4v) is 2.97. The van der Waals surface area contributed by atoms with Crippen LogP contribution in [0.5, 0.6) is 17.4 Å². The Bertz CT molecular complexity index is 1180. The van der Waals surface area contributed by atoms with E-state index in [9.17, 15) is 20.1 Å². The van der Waals surface area contributed by atoms with Gasteiger partial charge in [0.2, 0.25) is 0 Å². The number of hydrogen-bond acceptors (Lipinski definition) is 4. The van der Waals surface area contributed by atoms with E-state index >= 15 is 0 Å². The lowest BCUT2D eigenvalue weighted by atomic mass is 10.0. The maximum atomic E-state index is 11.8. The highest BCUT2D eigenvalue weighted by Crippen LogP contribution is 2.32. The molecule has 5 N–H and O–H groups in total. The minimum Gasteiger partial charge on any atom is -0.504 e. The van der Waals surface area contributed by atoms with Crippen molar-refractivity contribution < 1.29 is 15.3 Å². The Morgan fingerprint density at radius 3 is 2.71 bits per heavy atom. The van der Waals surface area contributed by atoms with Gasteiger partial charge in [-0.05, 0) is 29.4 Å². The summed E-state index contributed by atoms with van der Waals surface area (Å²) >= 11 is 0. The minimum absolute atomic E-state index is 0.169. The molecule has 24 heavy (non-hydrogen) atoms. The molecule has 0 atom stereocenters. The molecule has 3 aromatic rings. The summed E-state index contributed by atoms with van der Waals surface area (Å²) in [4.78, 5) is 17.2. The van der Waals surface area contributed by atoms with E-state index in [0.717, 1.165) is 16.5 Å². The normalized spacial score (nSPS) is 15.1. The van der Waals surface area contributed by atoms with Gasteiger partial charge >= 0.3 is 0 Å². The number of rotatable bonds is 1. The third-order valence-electron chi connectivity index (χ3n) is 4.12. The van der Waals surface area contributed by atoms with Gasteiger partial charge in [0, 0.05) is 40.0 Å². The molecule has 0 spiro atoms. The molecule has 2 aromatic heterocycles. The number of allylic oxidation sites excluding steroid dienone is 1. The summed E-state index contributed by atoms with van der Waals surface area (Å²) in [5, 5.41) is 30.8. The van der Waals surface area contributed by atoms with Crippen molar-refractivity contribution in [3.8, 4) is 17.4 Å². The number of aromatic amines is 2. The average molecular weight is 322 g/mol. The predicted molar refractivity (Wildman–Crippen MR) is 91.1 cm³/mol. The molecule has 1 aliphatic carbocycles. The van der Waals surface area contributed by atoms with Crippen LogP contribution in [0.1, 0.15) is 12.0 Å².